The van der Waals surface area contributed by atoms with Gasteiger partial charge in [0.15, 0.2) is 11.6 Å². The van der Waals surface area contributed by atoms with Crippen molar-refractivity contribution in [1.29, 1.82) is 0 Å². The highest BCUT2D eigenvalue weighted by molar-refractivity contribution is 6.02. The number of hydrogen-bond donors (Lipinski definition) is 2. The number of ether oxygens (including phenoxy) is 1. The lowest BCUT2D eigenvalue weighted by Gasteiger charge is -2.13. The predicted octanol–water partition coefficient (Wildman–Crippen LogP) is 0.699. The molecule has 2 N–H and O–H groups in total. The second-order valence-electron chi connectivity index (χ2n) is 4.55. The Morgan fingerprint density at radius 3 is 2.48 bits per heavy atom. The highest BCUT2D eigenvalue weighted by atomic mass is 16.6. The van der Waals surface area contributed by atoms with Gasteiger partial charge in [0.2, 0.25) is 5.91 Å². The lowest BCUT2D eigenvalue weighted by atomic mass is 10.2. The molecule has 0 unspecified atom stereocenters. The zero-order valence-electron chi connectivity index (χ0n) is 11.7. The third-order valence-corrected chi connectivity index (χ3v) is 2.89. The molecular weight excluding hydrogens is 302 g/mol. The second kappa shape index (κ2) is 6.10. The zero-order chi connectivity index (χ0) is 16.2. The van der Waals surface area contributed by atoms with Crippen molar-refractivity contribution in [3.63, 3.8) is 0 Å². The number of benzene rings is 1. The van der Waals surface area contributed by atoms with Gasteiger partial charge in [-0.2, -0.15) is 0 Å². The number of imide groups is 1. The van der Waals surface area contributed by atoms with E-state index < -0.39 is 18.0 Å². The maximum absolute atomic E-state index is 11.7. The molecule has 0 saturated carbocycles. The van der Waals surface area contributed by atoms with Gasteiger partial charge >= 0.3 is 12.1 Å². The summed E-state index contributed by atoms with van der Waals surface area (Å²) >= 11 is 0. The van der Waals surface area contributed by atoms with Gasteiger partial charge in [-0.3, -0.25) is 10.1 Å². The SMILES string of the molecule is O=C1CN(NC(=O)Oc2cnc(-c3ccccc3)nc2)C(=O)N1. The number of hydrazine groups is 1. The predicted molar refractivity (Wildman–Crippen MR) is 76.9 cm³/mol. The van der Waals surface area contributed by atoms with Gasteiger partial charge in [-0.1, -0.05) is 30.3 Å². The van der Waals surface area contributed by atoms with Crippen LogP contribution in [0.2, 0.25) is 0 Å². The summed E-state index contributed by atoms with van der Waals surface area (Å²) in [5.41, 5.74) is 2.97. The van der Waals surface area contributed by atoms with Gasteiger partial charge in [0, 0.05) is 5.56 Å². The van der Waals surface area contributed by atoms with Crippen LogP contribution in [0.15, 0.2) is 42.7 Å². The van der Waals surface area contributed by atoms with Gasteiger partial charge in [0.25, 0.3) is 0 Å². The molecule has 1 saturated heterocycles. The number of nitrogens with zero attached hydrogens (tertiary/aromatic N) is 3. The molecule has 4 amide bonds. The number of nitrogens with one attached hydrogen (secondary N) is 2. The van der Waals surface area contributed by atoms with Crippen LogP contribution in [0.3, 0.4) is 0 Å². The molecule has 23 heavy (non-hydrogen) atoms. The smallest absolute Gasteiger partial charge is 0.406 e. The van der Waals surface area contributed by atoms with Crippen LogP contribution in [0, 0.1) is 0 Å². The minimum absolute atomic E-state index is 0.105. The van der Waals surface area contributed by atoms with Crippen LogP contribution < -0.4 is 15.5 Å². The second-order valence-corrected chi connectivity index (χ2v) is 4.55. The fourth-order valence-corrected chi connectivity index (χ4v) is 1.88. The minimum Gasteiger partial charge on any atom is -0.406 e. The molecule has 116 valence electrons. The topological polar surface area (TPSA) is 114 Å². The van der Waals surface area contributed by atoms with Crippen molar-refractivity contribution in [1.82, 2.24) is 25.7 Å². The fourth-order valence-electron chi connectivity index (χ4n) is 1.88. The summed E-state index contributed by atoms with van der Waals surface area (Å²) in [5.74, 6) is 0.0850. The van der Waals surface area contributed by atoms with Crippen LogP contribution in [0.25, 0.3) is 11.4 Å². The number of aromatic nitrogens is 2. The van der Waals surface area contributed by atoms with Crippen LogP contribution in [0.1, 0.15) is 0 Å². The normalized spacial score (nSPS) is 13.7. The number of amides is 4. The van der Waals surface area contributed by atoms with Gasteiger partial charge in [-0.25, -0.2) is 30.0 Å². The largest absolute Gasteiger partial charge is 0.431 e. The molecule has 9 nitrogen and oxygen atoms in total. The molecular formula is C14H11N5O4. The van der Waals surface area contributed by atoms with Gasteiger partial charge in [-0.15, -0.1) is 0 Å². The van der Waals surface area contributed by atoms with E-state index in [9.17, 15) is 14.4 Å². The average molecular weight is 313 g/mol. The Morgan fingerprint density at radius 2 is 1.87 bits per heavy atom. The highest BCUT2D eigenvalue weighted by Crippen LogP contribution is 2.15. The number of rotatable bonds is 3. The first-order chi connectivity index (χ1) is 11.1. The van der Waals surface area contributed by atoms with Crippen molar-refractivity contribution < 1.29 is 19.1 Å². The van der Waals surface area contributed by atoms with Gasteiger partial charge < -0.3 is 4.74 Å². The van der Waals surface area contributed by atoms with E-state index in [2.05, 4.69) is 15.4 Å². The van der Waals surface area contributed by atoms with Crippen molar-refractivity contribution in [2.45, 2.75) is 0 Å². The third-order valence-electron chi connectivity index (χ3n) is 2.89. The van der Waals surface area contributed by atoms with E-state index in [1.165, 1.54) is 12.4 Å². The summed E-state index contributed by atoms with van der Waals surface area (Å²) in [4.78, 5) is 42.1. The van der Waals surface area contributed by atoms with E-state index in [-0.39, 0.29) is 12.3 Å². The van der Waals surface area contributed by atoms with E-state index >= 15 is 0 Å². The quantitative estimate of drug-likeness (QED) is 0.806. The average Bonchev–Trinajstić information content (AvgIpc) is 2.86. The first-order valence-electron chi connectivity index (χ1n) is 6.59. The molecule has 1 aromatic carbocycles. The molecule has 0 atom stereocenters. The van der Waals surface area contributed by atoms with Crippen LogP contribution in [-0.4, -0.2) is 39.6 Å². The Balaban J connectivity index is 1.61. The Hall–Kier alpha value is -3.49. The monoisotopic (exact) mass is 313 g/mol. The van der Waals surface area contributed by atoms with Crippen molar-refractivity contribution >= 4 is 18.0 Å². The number of hydrogen-bond acceptors (Lipinski definition) is 6. The summed E-state index contributed by atoms with van der Waals surface area (Å²) in [6, 6.07) is 8.59. The third kappa shape index (κ3) is 3.40. The van der Waals surface area contributed by atoms with Gasteiger partial charge in [0.05, 0.1) is 12.4 Å². The molecule has 9 heteroatoms. The van der Waals surface area contributed by atoms with Gasteiger partial charge in [0.1, 0.15) is 6.54 Å². The van der Waals surface area contributed by atoms with Crippen molar-refractivity contribution in [3.8, 4) is 17.1 Å². The number of carbonyl (C=O) groups is 3. The number of carbonyl (C=O) groups excluding carboxylic acids is 3. The maximum Gasteiger partial charge on any atom is 0.431 e. The standard InChI is InChI=1S/C14H11N5O4/c20-11-8-19(13(21)17-11)18-14(22)23-10-6-15-12(16-7-10)9-4-2-1-3-5-9/h1-7H,8H2,(H,18,22)(H,17,20,21). The fraction of sp³-hybridized carbons (Fsp3) is 0.0714. The molecule has 0 bridgehead atoms. The maximum atomic E-state index is 11.7. The summed E-state index contributed by atoms with van der Waals surface area (Å²) in [6.45, 7) is -0.266. The van der Waals surface area contributed by atoms with Crippen molar-refractivity contribution in [2.24, 2.45) is 0 Å². The van der Waals surface area contributed by atoms with E-state index in [1.54, 1.807) is 0 Å². The molecule has 1 fully saturated rings. The van der Waals surface area contributed by atoms with Gasteiger partial charge in [-0.05, 0) is 0 Å². The molecule has 1 aliphatic rings. The molecule has 1 aromatic heterocycles. The van der Waals surface area contributed by atoms with E-state index in [0.29, 0.717) is 5.82 Å². The Morgan fingerprint density at radius 1 is 1.17 bits per heavy atom. The van der Waals surface area contributed by atoms with Crippen molar-refractivity contribution in [3.05, 3.63) is 42.7 Å². The molecule has 2 aromatic rings. The first kappa shape index (κ1) is 14.4. The number of urea groups is 1. The Bertz CT molecular complexity index is 748. The van der Waals surface area contributed by atoms with Crippen LogP contribution in [0.4, 0.5) is 9.59 Å². The lowest BCUT2D eigenvalue weighted by Crippen LogP contribution is -2.45. The summed E-state index contributed by atoms with van der Waals surface area (Å²) < 4.78 is 4.94. The lowest BCUT2D eigenvalue weighted by molar-refractivity contribution is -0.118. The molecule has 0 aliphatic carbocycles. The molecule has 0 radical (unpaired) electrons. The molecule has 0 spiro atoms. The summed E-state index contributed by atoms with van der Waals surface area (Å²) in [7, 11) is 0. The summed E-state index contributed by atoms with van der Waals surface area (Å²) in [6.07, 6.45) is 1.75. The minimum atomic E-state index is -0.925. The highest BCUT2D eigenvalue weighted by Gasteiger charge is 2.28. The zero-order valence-corrected chi connectivity index (χ0v) is 11.7. The van der Waals surface area contributed by atoms with E-state index in [0.717, 1.165) is 10.6 Å². The van der Waals surface area contributed by atoms with Crippen LogP contribution in [-0.2, 0) is 4.79 Å². The summed E-state index contributed by atoms with van der Waals surface area (Å²) in [5, 5.41) is 2.82. The molecule has 3 rings (SSSR count). The van der Waals surface area contributed by atoms with Crippen LogP contribution in [0.5, 0.6) is 5.75 Å². The Kier molecular flexibility index (Phi) is 3.83. The first-order valence-corrected chi connectivity index (χ1v) is 6.59. The molecule has 1 aliphatic heterocycles. The van der Waals surface area contributed by atoms with E-state index in [4.69, 9.17) is 4.74 Å². The van der Waals surface area contributed by atoms with E-state index in [1.807, 2.05) is 35.6 Å². The molecule has 2 heterocycles. The van der Waals surface area contributed by atoms with Crippen molar-refractivity contribution in [2.75, 3.05) is 6.54 Å². The van der Waals surface area contributed by atoms with Crippen LogP contribution >= 0.6 is 0 Å². The Labute approximate surface area is 130 Å².